The Labute approximate surface area is 236 Å². The van der Waals surface area contributed by atoms with Gasteiger partial charge in [-0.1, -0.05) is 38.6 Å². The van der Waals surface area contributed by atoms with Crippen LogP contribution in [-0.4, -0.2) is 36.2 Å². The molecule has 7 nitrogen and oxygen atoms in total. The third kappa shape index (κ3) is 5.91. The fraction of sp³-hybridized carbons (Fsp3) is 0.258. The molecule has 1 heterocycles. The molecule has 0 atom stereocenters. The normalized spacial score (nSPS) is 11.4. The number of fused-ring (bicyclic) bond motifs is 1. The zero-order chi connectivity index (χ0) is 28.1. The summed E-state index contributed by atoms with van der Waals surface area (Å²) in [5, 5.41) is 5.13. The molecule has 0 radical (unpaired) electrons. The van der Waals surface area contributed by atoms with Gasteiger partial charge in [0, 0.05) is 5.56 Å². The predicted octanol–water partition coefficient (Wildman–Crippen LogP) is 7.11. The Balaban J connectivity index is 1.92. The van der Waals surface area contributed by atoms with Crippen LogP contribution in [-0.2, 0) is 0 Å². The molecule has 8 heteroatoms. The molecule has 3 aromatic carbocycles. The van der Waals surface area contributed by atoms with E-state index in [2.05, 4.69) is 41.5 Å². The van der Waals surface area contributed by atoms with Crippen LogP contribution in [0.4, 0.5) is 0 Å². The van der Waals surface area contributed by atoms with Gasteiger partial charge in [-0.3, -0.25) is 4.79 Å². The third-order valence-electron chi connectivity index (χ3n) is 6.19. The monoisotopic (exact) mass is 589 g/mol. The molecule has 0 saturated carbocycles. The molecule has 4 aromatic rings. The molecule has 0 saturated heterocycles. The molecule has 0 spiro atoms. The Morgan fingerprint density at radius 1 is 1.13 bits per heavy atom. The molecule has 1 aromatic heterocycles. The first-order valence-electron chi connectivity index (χ1n) is 12.7. The van der Waals surface area contributed by atoms with Crippen molar-refractivity contribution in [3.63, 3.8) is 0 Å². The van der Waals surface area contributed by atoms with E-state index in [1.807, 2.05) is 56.3 Å². The van der Waals surface area contributed by atoms with E-state index in [-0.39, 0.29) is 11.5 Å². The largest absolute Gasteiger partial charge is 0.496 e. The van der Waals surface area contributed by atoms with Crippen molar-refractivity contribution in [2.75, 3.05) is 20.3 Å². The topological polar surface area (TPSA) is 74.9 Å². The molecule has 4 rings (SSSR count). The Hall–Kier alpha value is -3.91. The third-order valence-corrected chi connectivity index (χ3v) is 6.78. The lowest BCUT2D eigenvalue weighted by Gasteiger charge is -2.17. The average Bonchev–Trinajstić information content (AvgIpc) is 2.92. The van der Waals surface area contributed by atoms with Gasteiger partial charge in [0.15, 0.2) is 17.3 Å². The maximum Gasteiger partial charge on any atom is 0.282 e. The summed E-state index contributed by atoms with van der Waals surface area (Å²) in [7, 11) is 1.66. The molecule has 0 N–H and O–H groups in total. The second-order valence-electron chi connectivity index (χ2n) is 9.24. The first-order valence-corrected chi connectivity index (χ1v) is 13.5. The number of ether oxygens (including phenoxy) is 3. The smallest absolute Gasteiger partial charge is 0.282 e. The number of aryl methyl sites for hydroxylation is 1. The highest BCUT2D eigenvalue weighted by Gasteiger charge is 2.18. The number of hydrogen-bond acceptors (Lipinski definition) is 6. The van der Waals surface area contributed by atoms with E-state index < -0.39 is 0 Å². The number of aromatic nitrogens is 2. The fourth-order valence-electron chi connectivity index (χ4n) is 4.30. The summed E-state index contributed by atoms with van der Waals surface area (Å²) in [6.45, 7) is 12.6. The molecule has 0 bridgehead atoms. The zero-order valence-electron chi connectivity index (χ0n) is 22.8. The minimum absolute atomic E-state index is 0.208. The van der Waals surface area contributed by atoms with E-state index in [9.17, 15) is 4.79 Å². The minimum Gasteiger partial charge on any atom is -0.496 e. The van der Waals surface area contributed by atoms with Gasteiger partial charge in [0.25, 0.3) is 5.56 Å². The van der Waals surface area contributed by atoms with Gasteiger partial charge in [-0.2, -0.15) is 9.78 Å². The number of rotatable bonds is 10. The van der Waals surface area contributed by atoms with Crippen LogP contribution in [0.1, 0.15) is 43.4 Å². The molecule has 0 aliphatic carbocycles. The Morgan fingerprint density at radius 3 is 2.59 bits per heavy atom. The zero-order valence-corrected chi connectivity index (χ0v) is 24.4. The summed E-state index contributed by atoms with van der Waals surface area (Å²) in [6.07, 6.45) is 3.29. The highest BCUT2D eigenvalue weighted by Crippen LogP contribution is 2.37. The average molecular weight is 591 g/mol. The Kier molecular flexibility index (Phi) is 8.86. The van der Waals surface area contributed by atoms with Crippen LogP contribution in [0.25, 0.3) is 22.3 Å². The van der Waals surface area contributed by atoms with Crippen molar-refractivity contribution in [3.05, 3.63) is 92.7 Å². The molecule has 0 unspecified atom stereocenters. The second kappa shape index (κ2) is 12.3. The summed E-state index contributed by atoms with van der Waals surface area (Å²) < 4.78 is 19.3. The quantitative estimate of drug-likeness (QED) is 0.145. The molecular formula is C31H32BrN3O4. The first kappa shape index (κ1) is 28.1. The number of methoxy groups -OCH3 is 1. The first-order chi connectivity index (χ1) is 18.8. The predicted molar refractivity (Wildman–Crippen MR) is 161 cm³/mol. The van der Waals surface area contributed by atoms with Gasteiger partial charge in [0.2, 0.25) is 0 Å². The molecular weight excluding hydrogens is 558 g/mol. The highest BCUT2D eigenvalue weighted by atomic mass is 79.9. The molecule has 39 heavy (non-hydrogen) atoms. The van der Waals surface area contributed by atoms with Crippen molar-refractivity contribution < 1.29 is 14.2 Å². The van der Waals surface area contributed by atoms with Crippen molar-refractivity contribution in [2.45, 2.75) is 33.6 Å². The van der Waals surface area contributed by atoms with E-state index in [1.54, 1.807) is 25.5 Å². The van der Waals surface area contributed by atoms with Crippen molar-refractivity contribution in [2.24, 2.45) is 5.10 Å². The van der Waals surface area contributed by atoms with Crippen molar-refractivity contribution in [1.29, 1.82) is 0 Å². The van der Waals surface area contributed by atoms with Gasteiger partial charge in [-0.05, 0) is 88.8 Å². The Morgan fingerprint density at radius 2 is 1.90 bits per heavy atom. The van der Waals surface area contributed by atoms with Gasteiger partial charge < -0.3 is 14.2 Å². The SMILES string of the molecule is C=CCOc1c(Br)cc(C=Nn2c(-c3cc(C(C)C)c(OC)cc3C)nc3ccccc3c2=O)cc1OCC. The molecule has 0 amide bonds. The van der Waals surface area contributed by atoms with E-state index in [0.717, 1.165) is 28.0 Å². The number of hydrogen-bond donors (Lipinski definition) is 0. The lowest BCUT2D eigenvalue weighted by molar-refractivity contribution is 0.295. The van der Waals surface area contributed by atoms with Crippen LogP contribution < -0.4 is 19.8 Å². The summed E-state index contributed by atoms with van der Waals surface area (Å²) >= 11 is 3.57. The van der Waals surface area contributed by atoms with Gasteiger partial charge >= 0.3 is 0 Å². The fourth-order valence-corrected chi connectivity index (χ4v) is 4.88. The lowest BCUT2D eigenvalue weighted by atomic mass is 9.96. The minimum atomic E-state index is -0.261. The van der Waals surface area contributed by atoms with Crippen LogP contribution in [0.3, 0.4) is 0 Å². The van der Waals surface area contributed by atoms with E-state index in [0.29, 0.717) is 45.9 Å². The van der Waals surface area contributed by atoms with E-state index in [1.165, 1.54) is 4.68 Å². The number of nitrogens with zero attached hydrogens (tertiary/aromatic N) is 3. The van der Waals surface area contributed by atoms with Crippen LogP contribution in [0.15, 0.2) is 75.6 Å². The van der Waals surface area contributed by atoms with Crippen molar-refractivity contribution in [1.82, 2.24) is 9.66 Å². The van der Waals surface area contributed by atoms with Crippen LogP contribution in [0.2, 0.25) is 0 Å². The standard InChI is InChI=1S/C31H32BrN3O4/c1-7-13-39-29-25(32)15-21(16-28(29)38-8-2)18-33-35-30(34-26-12-10-9-11-22(26)31(35)36)24-17-23(19(3)4)27(37-6)14-20(24)5/h7,9-12,14-19H,1,8,13H2,2-6H3. The van der Waals surface area contributed by atoms with Crippen molar-refractivity contribution in [3.8, 4) is 28.6 Å². The van der Waals surface area contributed by atoms with Gasteiger partial charge in [-0.25, -0.2) is 4.98 Å². The second-order valence-corrected chi connectivity index (χ2v) is 10.1. The highest BCUT2D eigenvalue weighted by molar-refractivity contribution is 9.10. The van der Waals surface area contributed by atoms with Crippen LogP contribution >= 0.6 is 15.9 Å². The molecule has 202 valence electrons. The van der Waals surface area contributed by atoms with Crippen molar-refractivity contribution >= 4 is 33.0 Å². The number of halogens is 1. The molecule has 0 fully saturated rings. The summed E-state index contributed by atoms with van der Waals surface area (Å²) in [4.78, 5) is 18.6. The lowest BCUT2D eigenvalue weighted by Crippen LogP contribution is -2.20. The molecule has 0 aliphatic rings. The van der Waals surface area contributed by atoms with E-state index >= 15 is 0 Å². The maximum atomic E-state index is 13.7. The maximum absolute atomic E-state index is 13.7. The summed E-state index contributed by atoms with van der Waals surface area (Å²) in [6, 6.07) is 15.0. The van der Waals surface area contributed by atoms with Crippen LogP contribution in [0, 0.1) is 6.92 Å². The van der Waals surface area contributed by atoms with Gasteiger partial charge in [0.05, 0.1) is 35.3 Å². The number of para-hydroxylation sites is 1. The molecule has 0 aliphatic heterocycles. The van der Waals surface area contributed by atoms with Gasteiger partial charge in [-0.15, -0.1) is 0 Å². The van der Waals surface area contributed by atoms with E-state index in [4.69, 9.17) is 19.2 Å². The Bertz CT molecular complexity index is 1610. The number of benzene rings is 3. The summed E-state index contributed by atoms with van der Waals surface area (Å²) in [5.74, 6) is 2.60. The van der Waals surface area contributed by atoms with Crippen LogP contribution in [0.5, 0.6) is 17.2 Å². The van der Waals surface area contributed by atoms with Gasteiger partial charge in [0.1, 0.15) is 12.4 Å². The summed E-state index contributed by atoms with van der Waals surface area (Å²) in [5.41, 5.74) is 3.82.